The van der Waals surface area contributed by atoms with Crippen molar-refractivity contribution in [3.05, 3.63) is 53.5 Å². The zero-order chi connectivity index (χ0) is 13.1. The van der Waals surface area contributed by atoms with Crippen molar-refractivity contribution in [2.75, 3.05) is 11.9 Å². The zero-order valence-corrected chi connectivity index (χ0v) is 9.69. The van der Waals surface area contributed by atoms with E-state index in [1.165, 1.54) is 17.4 Å². The Labute approximate surface area is 103 Å². The van der Waals surface area contributed by atoms with Gasteiger partial charge in [-0.2, -0.15) is 0 Å². The molecule has 0 saturated heterocycles. The molecule has 5 heteroatoms. The number of carbonyl (C=O) groups is 1. The first-order chi connectivity index (χ1) is 8.61. The predicted octanol–water partition coefficient (Wildman–Crippen LogP) is 3.01. The number of hydrogen-bond acceptors (Lipinski definition) is 3. The fourth-order valence-corrected chi connectivity index (χ4v) is 1.75. The second-order valence-corrected chi connectivity index (χ2v) is 3.94. The van der Waals surface area contributed by atoms with Crippen LogP contribution in [0, 0.1) is 11.6 Å². The predicted molar refractivity (Wildman–Crippen MR) is 62.6 cm³/mol. The van der Waals surface area contributed by atoms with Gasteiger partial charge in [-0.15, -0.1) is 0 Å². The van der Waals surface area contributed by atoms with Gasteiger partial charge in [0.15, 0.2) is 0 Å². The van der Waals surface area contributed by atoms with Crippen molar-refractivity contribution in [2.45, 2.75) is 6.54 Å². The Morgan fingerprint density at radius 3 is 2.50 bits per heavy atom. The fourth-order valence-electron chi connectivity index (χ4n) is 1.75. The van der Waals surface area contributed by atoms with Gasteiger partial charge in [-0.1, -0.05) is 0 Å². The van der Waals surface area contributed by atoms with E-state index in [0.29, 0.717) is 12.8 Å². The molecule has 0 N–H and O–H groups in total. The van der Waals surface area contributed by atoms with E-state index in [9.17, 15) is 13.6 Å². The highest BCUT2D eigenvalue weighted by atomic mass is 19.1. The van der Waals surface area contributed by atoms with Crippen LogP contribution in [0.3, 0.4) is 0 Å². The van der Waals surface area contributed by atoms with E-state index < -0.39 is 11.6 Å². The van der Waals surface area contributed by atoms with Gasteiger partial charge in [0.2, 0.25) is 0 Å². The number of rotatable bonds is 4. The van der Waals surface area contributed by atoms with Crippen molar-refractivity contribution in [3.8, 4) is 0 Å². The van der Waals surface area contributed by atoms with Gasteiger partial charge in [-0.05, 0) is 18.2 Å². The van der Waals surface area contributed by atoms with Crippen LogP contribution in [0.4, 0.5) is 14.5 Å². The normalized spacial score (nSPS) is 10.4. The lowest BCUT2D eigenvalue weighted by molar-refractivity contribution is 0.112. The van der Waals surface area contributed by atoms with Crippen LogP contribution in [0.15, 0.2) is 35.1 Å². The van der Waals surface area contributed by atoms with Crippen LogP contribution in [0.2, 0.25) is 0 Å². The summed E-state index contributed by atoms with van der Waals surface area (Å²) in [5.41, 5.74) is 0.614. The largest absolute Gasteiger partial charge is 0.472 e. The Morgan fingerprint density at radius 1 is 1.33 bits per heavy atom. The fraction of sp³-hybridized carbons (Fsp3) is 0.154. The second-order valence-electron chi connectivity index (χ2n) is 3.94. The molecule has 0 spiro atoms. The van der Waals surface area contributed by atoms with Crippen LogP contribution in [-0.4, -0.2) is 13.3 Å². The maximum atomic E-state index is 13.7. The molecule has 0 unspecified atom stereocenters. The Morgan fingerprint density at radius 2 is 2.00 bits per heavy atom. The lowest BCUT2D eigenvalue weighted by Crippen LogP contribution is -2.19. The monoisotopic (exact) mass is 251 g/mol. The molecule has 0 aliphatic carbocycles. The summed E-state index contributed by atoms with van der Waals surface area (Å²) in [5.74, 6) is -1.52. The van der Waals surface area contributed by atoms with Gasteiger partial charge in [0.25, 0.3) is 0 Å². The molecule has 1 aromatic carbocycles. The van der Waals surface area contributed by atoms with E-state index >= 15 is 0 Å². The third-order valence-electron chi connectivity index (χ3n) is 2.56. The number of nitrogens with zero attached hydrogens (tertiary/aromatic N) is 1. The number of halogens is 2. The molecule has 94 valence electrons. The van der Waals surface area contributed by atoms with Crippen LogP contribution in [-0.2, 0) is 6.54 Å². The van der Waals surface area contributed by atoms with Gasteiger partial charge < -0.3 is 9.32 Å². The molecule has 1 heterocycles. The summed E-state index contributed by atoms with van der Waals surface area (Å²) in [6.45, 7) is 0.310. The van der Waals surface area contributed by atoms with Crippen molar-refractivity contribution in [1.82, 2.24) is 0 Å². The molecule has 0 bridgehead atoms. The van der Waals surface area contributed by atoms with E-state index in [1.54, 1.807) is 13.1 Å². The quantitative estimate of drug-likeness (QED) is 0.783. The smallest absolute Gasteiger partial charge is 0.150 e. The van der Waals surface area contributed by atoms with Crippen LogP contribution in [0.25, 0.3) is 0 Å². The number of carbonyl (C=O) groups excluding carboxylic acids is 1. The van der Waals surface area contributed by atoms with Gasteiger partial charge >= 0.3 is 0 Å². The van der Waals surface area contributed by atoms with Gasteiger partial charge in [-0.3, -0.25) is 4.79 Å². The minimum atomic E-state index is -0.761. The number of benzene rings is 1. The first-order valence-electron chi connectivity index (χ1n) is 5.28. The maximum absolute atomic E-state index is 13.7. The van der Waals surface area contributed by atoms with Crippen molar-refractivity contribution in [2.24, 2.45) is 0 Å². The van der Waals surface area contributed by atoms with E-state index in [1.807, 2.05) is 0 Å². The molecule has 0 saturated carbocycles. The summed E-state index contributed by atoms with van der Waals surface area (Å²) in [7, 11) is 1.56. The Balaban J connectivity index is 2.30. The number of anilines is 1. The molecule has 0 atom stereocenters. The topological polar surface area (TPSA) is 33.5 Å². The average molecular weight is 251 g/mol. The Bertz CT molecular complexity index is 529. The molecule has 1 aromatic heterocycles. The lowest BCUT2D eigenvalue weighted by Gasteiger charge is -2.20. The molecule has 0 aliphatic rings. The molecule has 0 amide bonds. The van der Waals surface area contributed by atoms with Crippen LogP contribution >= 0.6 is 0 Å². The number of hydrogen-bond donors (Lipinski definition) is 0. The first-order valence-corrected chi connectivity index (χ1v) is 5.28. The molecule has 18 heavy (non-hydrogen) atoms. The van der Waals surface area contributed by atoms with Gasteiger partial charge in [0.05, 0.1) is 12.5 Å². The summed E-state index contributed by atoms with van der Waals surface area (Å²) in [5, 5.41) is 0. The SMILES string of the molecule is CN(Cc1ccoc1)c1c(F)cc(C=O)cc1F. The maximum Gasteiger partial charge on any atom is 0.150 e. The lowest BCUT2D eigenvalue weighted by atomic mass is 10.2. The van der Waals surface area contributed by atoms with E-state index in [-0.39, 0.29) is 11.3 Å². The summed E-state index contributed by atoms with van der Waals surface area (Å²) >= 11 is 0. The molecular weight excluding hydrogens is 240 g/mol. The molecule has 2 rings (SSSR count). The van der Waals surface area contributed by atoms with Crippen molar-refractivity contribution in [1.29, 1.82) is 0 Å². The van der Waals surface area contributed by atoms with Crippen LogP contribution in [0.1, 0.15) is 15.9 Å². The average Bonchev–Trinajstić information content (AvgIpc) is 2.80. The number of aldehydes is 1. The van der Waals surface area contributed by atoms with Crippen LogP contribution in [0.5, 0.6) is 0 Å². The minimum absolute atomic E-state index is 0.0227. The second kappa shape index (κ2) is 5.00. The van der Waals surface area contributed by atoms with Crippen LogP contribution < -0.4 is 4.90 Å². The highest BCUT2D eigenvalue weighted by Crippen LogP contribution is 2.25. The summed E-state index contributed by atoms with van der Waals surface area (Å²) in [6.07, 6.45) is 3.41. The van der Waals surface area contributed by atoms with Gasteiger partial charge in [0.1, 0.15) is 23.6 Å². The number of furan rings is 1. The molecule has 3 nitrogen and oxygen atoms in total. The Kier molecular flexibility index (Phi) is 3.41. The standard InChI is InChI=1S/C13H11F2NO2/c1-16(6-9-2-3-18-8-9)13-11(14)4-10(7-17)5-12(13)15/h2-5,7-8H,6H2,1H3. The Hall–Kier alpha value is -2.17. The highest BCUT2D eigenvalue weighted by molar-refractivity contribution is 5.76. The van der Waals surface area contributed by atoms with E-state index in [4.69, 9.17) is 4.42 Å². The third kappa shape index (κ3) is 2.40. The van der Waals surface area contributed by atoms with E-state index in [2.05, 4.69) is 0 Å². The third-order valence-corrected chi connectivity index (χ3v) is 2.56. The highest BCUT2D eigenvalue weighted by Gasteiger charge is 2.15. The van der Waals surface area contributed by atoms with Crippen molar-refractivity contribution >= 4 is 12.0 Å². The zero-order valence-electron chi connectivity index (χ0n) is 9.69. The first kappa shape index (κ1) is 12.3. The molecule has 0 fully saturated rings. The van der Waals surface area contributed by atoms with Gasteiger partial charge in [-0.25, -0.2) is 8.78 Å². The molecular formula is C13H11F2NO2. The molecule has 0 aliphatic heterocycles. The summed E-state index contributed by atoms with van der Waals surface area (Å²) in [6, 6.07) is 3.74. The summed E-state index contributed by atoms with van der Waals surface area (Å²) < 4.78 is 32.3. The summed E-state index contributed by atoms with van der Waals surface area (Å²) in [4.78, 5) is 11.9. The van der Waals surface area contributed by atoms with Crippen molar-refractivity contribution < 1.29 is 18.0 Å². The van der Waals surface area contributed by atoms with E-state index in [0.717, 1.165) is 17.7 Å². The minimum Gasteiger partial charge on any atom is -0.472 e. The molecule has 0 radical (unpaired) electrons. The van der Waals surface area contributed by atoms with Crippen molar-refractivity contribution in [3.63, 3.8) is 0 Å². The van der Waals surface area contributed by atoms with Gasteiger partial charge in [0, 0.05) is 24.7 Å². The molecule has 2 aromatic rings.